The van der Waals surface area contributed by atoms with Crippen LogP contribution in [-0.2, 0) is 18.4 Å². The zero-order valence-electron chi connectivity index (χ0n) is 13.0. The maximum atomic E-state index is 12.0. The van der Waals surface area contributed by atoms with E-state index in [1.807, 2.05) is 32.6 Å². The molecule has 1 fully saturated rings. The second-order valence-corrected chi connectivity index (χ2v) is 6.08. The van der Waals surface area contributed by atoms with Crippen molar-refractivity contribution in [3.63, 3.8) is 0 Å². The first-order valence-corrected chi connectivity index (χ1v) is 7.47. The van der Waals surface area contributed by atoms with Gasteiger partial charge in [0.05, 0.1) is 17.9 Å². The number of rotatable bonds is 4. The summed E-state index contributed by atoms with van der Waals surface area (Å²) in [5.41, 5.74) is 2.25. The molecule has 1 atom stereocenters. The molecular weight excluding hydrogens is 252 g/mol. The van der Waals surface area contributed by atoms with Gasteiger partial charge in [0.15, 0.2) is 0 Å². The molecule has 5 nitrogen and oxygen atoms in total. The molecule has 0 saturated carbocycles. The van der Waals surface area contributed by atoms with Gasteiger partial charge in [-0.1, -0.05) is 13.8 Å². The van der Waals surface area contributed by atoms with Crippen LogP contribution < -0.4 is 5.32 Å². The Hall–Kier alpha value is -1.36. The van der Waals surface area contributed by atoms with Crippen molar-refractivity contribution in [1.82, 2.24) is 20.0 Å². The summed E-state index contributed by atoms with van der Waals surface area (Å²) in [5, 5.41) is 8.05. The number of hydrogen-bond acceptors (Lipinski definition) is 3. The molecule has 0 aromatic carbocycles. The highest BCUT2D eigenvalue weighted by molar-refractivity contribution is 5.77. The molecule has 1 N–H and O–H groups in total. The normalized spacial score (nSPS) is 19.4. The van der Waals surface area contributed by atoms with Crippen LogP contribution in [0.1, 0.15) is 44.0 Å². The van der Waals surface area contributed by atoms with Crippen LogP contribution in [0.4, 0.5) is 0 Å². The van der Waals surface area contributed by atoms with Gasteiger partial charge >= 0.3 is 0 Å². The average Bonchev–Trinajstić information content (AvgIpc) is 2.80. The van der Waals surface area contributed by atoms with E-state index in [1.165, 1.54) is 12.8 Å². The lowest BCUT2D eigenvalue weighted by Gasteiger charge is -2.20. The molecule has 1 unspecified atom stereocenters. The fraction of sp³-hybridized carbons (Fsp3) is 0.733. The molecule has 1 aromatic rings. The van der Waals surface area contributed by atoms with E-state index < -0.39 is 0 Å². The Morgan fingerprint density at radius 2 is 2.35 bits per heavy atom. The maximum absolute atomic E-state index is 12.0. The summed E-state index contributed by atoms with van der Waals surface area (Å²) >= 11 is 0. The summed E-state index contributed by atoms with van der Waals surface area (Å²) in [4.78, 5) is 13.7. The van der Waals surface area contributed by atoms with Crippen molar-refractivity contribution in [3.8, 4) is 0 Å². The SMILES string of the molecule is CC(C)C(=O)N(C)Cc1cc(C2CCCNC2)nn1C. The molecule has 2 rings (SSSR count). The Bertz CT molecular complexity index is 460. The topological polar surface area (TPSA) is 50.2 Å². The molecule has 20 heavy (non-hydrogen) atoms. The molecule has 0 aliphatic carbocycles. The summed E-state index contributed by atoms with van der Waals surface area (Å²) in [6, 6.07) is 2.15. The number of piperidine rings is 1. The van der Waals surface area contributed by atoms with E-state index in [-0.39, 0.29) is 11.8 Å². The van der Waals surface area contributed by atoms with E-state index in [0.717, 1.165) is 24.5 Å². The van der Waals surface area contributed by atoms with Gasteiger partial charge in [-0.3, -0.25) is 9.48 Å². The van der Waals surface area contributed by atoms with Crippen LogP contribution in [0.5, 0.6) is 0 Å². The Morgan fingerprint density at radius 1 is 1.60 bits per heavy atom. The molecule has 1 saturated heterocycles. The molecule has 0 radical (unpaired) electrons. The van der Waals surface area contributed by atoms with E-state index in [2.05, 4.69) is 16.5 Å². The van der Waals surface area contributed by atoms with E-state index >= 15 is 0 Å². The number of carbonyl (C=O) groups excluding carboxylic acids is 1. The second kappa shape index (κ2) is 6.39. The maximum Gasteiger partial charge on any atom is 0.225 e. The Morgan fingerprint density at radius 3 is 2.95 bits per heavy atom. The molecule has 5 heteroatoms. The van der Waals surface area contributed by atoms with E-state index in [9.17, 15) is 4.79 Å². The van der Waals surface area contributed by atoms with Crippen LogP contribution in [0.3, 0.4) is 0 Å². The third kappa shape index (κ3) is 3.39. The fourth-order valence-corrected chi connectivity index (χ4v) is 2.74. The zero-order chi connectivity index (χ0) is 14.7. The minimum absolute atomic E-state index is 0.0373. The summed E-state index contributed by atoms with van der Waals surface area (Å²) in [6.45, 7) is 6.61. The first-order valence-electron chi connectivity index (χ1n) is 7.47. The number of amides is 1. The van der Waals surface area contributed by atoms with Gasteiger partial charge in [0.2, 0.25) is 5.91 Å². The van der Waals surface area contributed by atoms with Crippen molar-refractivity contribution in [1.29, 1.82) is 0 Å². The number of hydrogen-bond donors (Lipinski definition) is 1. The first-order chi connectivity index (χ1) is 9.49. The third-order valence-corrected chi connectivity index (χ3v) is 3.98. The van der Waals surface area contributed by atoms with E-state index in [0.29, 0.717) is 12.5 Å². The summed E-state index contributed by atoms with van der Waals surface area (Å²) in [7, 11) is 3.82. The highest BCUT2D eigenvalue weighted by Crippen LogP contribution is 2.23. The zero-order valence-corrected chi connectivity index (χ0v) is 13.0. The molecule has 1 aromatic heterocycles. The molecular formula is C15H26N4O. The Kier molecular flexibility index (Phi) is 4.81. The van der Waals surface area contributed by atoms with Crippen LogP contribution in [0, 0.1) is 5.92 Å². The van der Waals surface area contributed by atoms with Crippen molar-refractivity contribution in [2.24, 2.45) is 13.0 Å². The molecule has 2 heterocycles. The Balaban J connectivity index is 2.05. The molecule has 1 aliphatic heterocycles. The number of carbonyl (C=O) groups is 1. The molecule has 1 aliphatic rings. The standard InChI is InChI=1S/C15H26N4O/c1-11(2)15(20)18(3)10-13-8-14(17-19(13)4)12-6-5-7-16-9-12/h8,11-12,16H,5-7,9-10H2,1-4H3. The van der Waals surface area contributed by atoms with Gasteiger partial charge in [-0.25, -0.2) is 0 Å². The van der Waals surface area contributed by atoms with Crippen LogP contribution in [0.2, 0.25) is 0 Å². The molecule has 112 valence electrons. The average molecular weight is 278 g/mol. The monoisotopic (exact) mass is 278 g/mol. The van der Waals surface area contributed by atoms with Crippen LogP contribution >= 0.6 is 0 Å². The van der Waals surface area contributed by atoms with Crippen molar-refractivity contribution in [2.45, 2.75) is 39.2 Å². The van der Waals surface area contributed by atoms with Crippen LogP contribution in [0.15, 0.2) is 6.07 Å². The lowest BCUT2D eigenvalue weighted by molar-refractivity contribution is -0.133. The van der Waals surface area contributed by atoms with Gasteiger partial charge in [0.1, 0.15) is 0 Å². The minimum atomic E-state index is 0.0373. The smallest absolute Gasteiger partial charge is 0.225 e. The predicted octanol–water partition coefficient (Wildman–Crippen LogP) is 1.50. The minimum Gasteiger partial charge on any atom is -0.340 e. The summed E-state index contributed by atoms with van der Waals surface area (Å²) in [5.74, 6) is 0.720. The summed E-state index contributed by atoms with van der Waals surface area (Å²) < 4.78 is 1.91. The predicted molar refractivity (Wildman–Crippen MR) is 79.4 cm³/mol. The lowest BCUT2D eigenvalue weighted by atomic mass is 9.96. The van der Waals surface area contributed by atoms with Gasteiger partial charge in [-0.15, -0.1) is 0 Å². The highest BCUT2D eigenvalue weighted by atomic mass is 16.2. The van der Waals surface area contributed by atoms with Crippen molar-refractivity contribution < 1.29 is 4.79 Å². The van der Waals surface area contributed by atoms with Gasteiger partial charge in [-0.2, -0.15) is 5.10 Å². The second-order valence-electron chi connectivity index (χ2n) is 6.08. The van der Waals surface area contributed by atoms with Gasteiger partial charge < -0.3 is 10.2 Å². The third-order valence-electron chi connectivity index (χ3n) is 3.98. The van der Waals surface area contributed by atoms with Crippen molar-refractivity contribution >= 4 is 5.91 Å². The quantitative estimate of drug-likeness (QED) is 0.908. The van der Waals surface area contributed by atoms with Crippen LogP contribution in [-0.4, -0.2) is 40.7 Å². The molecule has 0 spiro atoms. The van der Waals surface area contributed by atoms with Gasteiger partial charge in [0.25, 0.3) is 0 Å². The van der Waals surface area contributed by atoms with Crippen LogP contribution in [0.25, 0.3) is 0 Å². The lowest BCUT2D eigenvalue weighted by Crippen LogP contribution is -2.30. The number of nitrogens with zero attached hydrogens (tertiary/aromatic N) is 3. The van der Waals surface area contributed by atoms with E-state index in [4.69, 9.17) is 0 Å². The fourth-order valence-electron chi connectivity index (χ4n) is 2.74. The van der Waals surface area contributed by atoms with Gasteiger partial charge in [0, 0.05) is 32.5 Å². The van der Waals surface area contributed by atoms with Gasteiger partial charge in [-0.05, 0) is 25.5 Å². The van der Waals surface area contributed by atoms with Crippen molar-refractivity contribution in [3.05, 3.63) is 17.5 Å². The molecule has 1 amide bonds. The van der Waals surface area contributed by atoms with Crippen molar-refractivity contribution in [2.75, 3.05) is 20.1 Å². The molecule has 0 bridgehead atoms. The van der Waals surface area contributed by atoms with E-state index in [1.54, 1.807) is 4.90 Å². The highest BCUT2D eigenvalue weighted by Gasteiger charge is 2.20. The Labute approximate surface area is 121 Å². The largest absolute Gasteiger partial charge is 0.340 e. The summed E-state index contributed by atoms with van der Waals surface area (Å²) in [6.07, 6.45) is 2.41. The number of aromatic nitrogens is 2. The number of aryl methyl sites for hydroxylation is 1. The first kappa shape index (κ1) is 15.0. The number of nitrogens with one attached hydrogen (secondary N) is 1.